The molecule has 0 heterocycles. The van der Waals surface area contributed by atoms with Gasteiger partial charge in [0.2, 0.25) is 10.0 Å². The van der Waals surface area contributed by atoms with Crippen LogP contribution in [0.2, 0.25) is 0 Å². The monoisotopic (exact) mass is 251 g/mol. The van der Waals surface area contributed by atoms with Crippen LogP contribution in [0, 0.1) is 5.92 Å². The first-order valence-electron chi connectivity index (χ1n) is 5.30. The van der Waals surface area contributed by atoms with Gasteiger partial charge in [-0.3, -0.25) is 4.79 Å². The summed E-state index contributed by atoms with van der Waals surface area (Å²) in [7, 11) is -0.325. The lowest BCUT2D eigenvalue weighted by Gasteiger charge is -2.17. The smallest absolute Gasteiger partial charge is 0.305 e. The van der Waals surface area contributed by atoms with Crippen LogP contribution < -0.4 is 0 Å². The third-order valence-electron chi connectivity index (χ3n) is 2.10. The fourth-order valence-corrected chi connectivity index (χ4v) is 2.74. The van der Waals surface area contributed by atoms with Crippen LogP contribution in [0.25, 0.3) is 0 Å². The van der Waals surface area contributed by atoms with E-state index < -0.39 is 10.0 Å². The Bertz CT molecular complexity index is 311. The number of ether oxygens (including phenoxy) is 1. The highest BCUT2D eigenvalue weighted by atomic mass is 32.2. The summed E-state index contributed by atoms with van der Waals surface area (Å²) in [6.07, 6.45) is 0.735. The predicted octanol–water partition coefficient (Wildman–Crippen LogP) is 0.857. The highest BCUT2D eigenvalue weighted by Crippen LogP contribution is 2.06. The first-order valence-corrected chi connectivity index (χ1v) is 6.91. The number of hydrogen-bond donors (Lipinski definition) is 0. The highest BCUT2D eigenvalue weighted by molar-refractivity contribution is 7.89. The van der Waals surface area contributed by atoms with Crippen molar-refractivity contribution in [2.45, 2.75) is 26.7 Å². The summed E-state index contributed by atoms with van der Waals surface area (Å²) in [5.41, 5.74) is 0. The van der Waals surface area contributed by atoms with Crippen molar-refractivity contribution >= 4 is 16.0 Å². The molecule has 0 spiro atoms. The Labute approximate surface area is 97.8 Å². The highest BCUT2D eigenvalue weighted by Gasteiger charge is 2.19. The molecule has 0 amide bonds. The van der Waals surface area contributed by atoms with Crippen molar-refractivity contribution in [2.24, 2.45) is 5.92 Å². The summed E-state index contributed by atoms with van der Waals surface area (Å²) in [5.74, 6) is -0.0652. The van der Waals surface area contributed by atoms with E-state index in [4.69, 9.17) is 0 Å². The minimum atomic E-state index is -3.18. The molecular formula is C10H21NO4S. The van der Waals surface area contributed by atoms with Gasteiger partial charge in [0.25, 0.3) is 0 Å². The third-order valence-corrected chi connectivity index (χ3v) is 4.32. The van der Waals surface area contributed by atoms with Gasteiger partial charge in [-0.2, -0.15) is 0 Å². The van der Waals surface area contributed by atoms with Gasteiger partial charge in [-0.15, -0.1) is 0 Å². The lowest BCUT2D eigenvalue weighted by molar-refractivity contribution is -0.140. The molecule has 0 rings (SSSR count). The molecule has 0 unspecified atom stereocenters. The zero-order valence-electron chi connectivity index (χ0n) is 10.4. The molecule has 5 nitrogen and oxygen atoms in total. The number of carbonyl (C=O) groups excluding carboxylic acids is 1. The SMILES string of the molecule is COC(=O)CCCN(C)S(=O)(=O)CC(C)C. The number of nitrogens with zero attached hydrogens (tertiary/aromatic N) is 1. The first kappa shape index (κ1) is 15.4. The molecule has 6 heteroatoms. The van der Waals surface area contributed by atoms with E-state index >= 15 is 0 Å². The van der Waals surface area contributed by atoms with Gasteiger partial charge in [0.05, 0.1) is 12.9 Å². The maximum Gasteiger partial charge on any atom is 0.305 e. The van der Waals surface area contributed by atoms with E-state index in [2.05, 4.69) is 4.74 Å². The van der Waals surface area contributed by atoms with Gasteiger partial charge in [0.1, 0.15) is 0 Å². The Hall–Kier alpha value is -0.620. The minimum absolute atomic E-state index is 0.105. The van der Waals surface area contributed by atoms with E-state index in [1.807, 2.05) is 13.8 Å². The minimum Gasteiger partial charge on any atom is -0.469 e. The standard InChI is InChI=1S/C10H21NO4S/c1-9(2)8-16(13,14)11(3)7-5-6-10(12)15-4/h9H,5-8H2,1-4H3. The summed E-state index contributed by atoms with van der Waals surface area (Å²) in [4.78, 5) is 10.8. The van der Waals surface area contributed by atoms with E-state index in [1.54, 1.807) is 0 Å². The van der Waals surface area contributed by atoms with E-state index in [9.17, 15) is 13.2 Å². The van der Waals surface area contributed by atoms with Crippen LogP contribution in [0.5, 0.6) is 0 Å². The predicted molar refractivity (Wildman–Crippen MR) is 62.5 cm³/mol. The Morgan fingerprint density at radius 1 is 1.38 bits per heavy atom. The van der Waals surface area contributed by atoms with E-state index in [0.29, 0.717) is 13.0 Å². The Morgan fingerprint density at radius 3 is 2.38 bits per heavy atom. The molecule has 96 valence electrons. The topological polar surface area (TPSA) is 63.7 Å². The summed E-state index contributed by atoms with van der Waals surface area (Å²) >= 11 is 0. The molecule has 0 N–H and O–H groups in total. The van der Waals surface area contributed by atoms with Gasteiger partial charge in [-0.25, -0.2) is 12.7 Å². The van der Waals surface area contributed by atoms with Crippen LogP contribution >= 0.6 is 0 Å². The second-order valence-electron chi connectivity index (χ2n) is 4.17. The summed E-state index contributed by atoms with van der Waals surface area (Å²) in [6.45, 7) is 4.07. The molecule has 0 aromatic heterocycles. The fourth-order valence-electron chi connectivity index (χ4n) is 1.24. The van der Waals surface area contributed by atoms with Crippen molar-refractivity contribution in [1.29, 1.82) is 0 Å². The van der Waals surface area contributed by atoms with Crippen molar-refractivity contribution in [3.8, 4) is 0 Å². The normalized spacial score (nSPS) is 12.1. The van der Waals surface area contributed by atoms with Gasteiger partial charge in [-0.1, -0.05) is 13.8 Å². The van der Waals surface area contributed by atoms with Gasteiger partial charge < -0.3 is 4.74 Å². The molecule has 0 aliphatic rings. The van der Waals surface area contributed by atoms with Crippen molar-refractivity contribution in [1.82, 2.24) is 4.31 Å². The first-order chi connectivity index (χ1) is 7.29. The molecule has 0 aliphatic heterocycles. The van der Waals surface area contributed by atoms with Crippen molar-refractivity contribution in [3.63, 3.8) is 0 Å². The number of esters is 1. The number of hydrogen-bond acceptors (Lipinski definition) is 4. The van der Waals surface area contributed by atoms with Crippen LogP contribution in [0.4, 0.5) is 0 Å². The molecule has 0 aromatic carbocycles. The second-order valence-corrected chi connectivity index (χ2v) is 6.29. The van der Waals surface area contributed by atoms with Crippen LogP contribution in [-0.2, 0) is 19.6 Å². The number of methoxy groups -OCH3 is 1. The average molecular weight is 251 g/mol. The molecule has 0 fully saturated rings. The molecule has 16 heavy (non-hydrogen) atoms. The average Bonchev–Trinajstić information content (AvgIpc) is 2.15. The van der Waals surface area contributed by atoms with Crippen LogP contribution in [0.1, 0.15) is 26.7 Å². The van der Waals surface area contributed by atoms with Crippen molar-refractivity contribution in [3.05, 3.63) is 0 Å². The quantitative estimate of drug-likeness (QED) is 0.629. The molecular weight excluding hydrogens is 230 g/mol. The summed E-state index contributed by atoms with van der Waals surface area (Å²) < 4.78 is 29.2. The van der Waals surface area contributed by atoms with Gasteiger partial charge >= 0.3 is 5.97 Å². The molecule has 0 saturated carbocycles. The molecule has 0 atom stereocenters. The second kappa shape index (κ2) is 6.85. The molecule has 0 bridgehead atoms. The van der Waals surface area contributed by atoms with Crippen molar-refractivity contribution in [2.75, 3.05) is 26.5 Å². The number of rotatable bonds is 7. The lowest BCUT2D eigenvalue weighted by atomic mass is 10.3. The lowest BCUT2D eigenvalue weighted by Crippen LogP contribution is -2.32. The van der Waals surface area contributed by atoms with Gasteiger partial charge in [0.15, 0.2) is 0 Å². The zero-order chi connectivity index (χ0) is 12.8. The maximum atomic E-state index is 11.7. The zero-order valence-corrected chi connectivity index (χ0v) is 11.2. The Morgan fingerprint density at radius 2 is 1.94 bits per heavy atom. The van der Waals surface area contributed by atoms with E-state index in [-0.39, 0.29) is 24.1 Å². The van der Waals surface area contributed by atoms with Gasteiger partial charge in [0, 0.05) is 20.0 Å². The van der Waals surface area contributed by atoms with Crippen LogP contribution in [0.15, 0.2) is 0 Å². The fraction of sp³-hybridized carbons (Fsp3) is 0.900. The van der Waals surface area contributed by atoms with Crippen LogP contribution in [-0.4, -0.2) is 45.1 Å². The summed E-state index contributed by atoms with van der Waals surface area (Å²) in [6, 6.07) is 0. The van der Waals surface area contributed by atoms with Gasteiger partial charge in [-0.05, 0) is 12.3 Å². The third kappa shape index (κ3) is 6.07. The summed E-state index contributed by atoms with van der Waals surface area (Å²) in [5, 5.41) is 0. The number of sulfonamides is 1. The largest absolute Gasteiger partial charge is 0.469 e. The Balaban J connectivity index is 4.06. The van der Waals surface area contributed by atoms with Crippen molar-refractivity contribution < 1.29 is 17.9 Å². The molecule has 0 aromatic rings. The molecule has 0 radical (unpaired) electrons. The maximum absolute atomic E-state index is 11.7. The number of carbonyl (C=O) groups is 1. The molecule has 0 saturated heterocycles. The van der Waals surface area contributed by atoms with E-state index in [0.717, 1.165) is 0 Å². The van der Waals surface area contributed by atoms with Crippen LogP contribution in [0.3, 0.4) is 0 Å². The molecule has 0 aliphatic carbocycles. The van der Waals surface area contributed by atoms with E-state index in [1.165, 1.54) is 18.5 Å². The Kier molecular flexibility index (Phi) is 6.59.